The summed E-state index contributed by atoms with van der Waals surface area (Å²) in [6.45, 7) is 4.08. The monoisotopic (exact) mass is 389 g/mol. The molecule has 0 spiro atoms. The van der Waals surface area contributed by atoms with E-state index in [1.165, 1.54) is 11.8 Å². The fourth-order valence-corrected chi connectivity index (χ4v) is 3.23. The molecule has 23 heavy (non-hydrogen) atoms. The average Bonchev–Trinajstić information content (AvgIpc) is 3.08. The highest BCUT2D eigenvalue weighted by Crippen LogP contribution is 2.34. The Morgan fingerprint density at radius 2 is 2.26 bits per heavy atom. The van der Waals surface area contributed by atoms with Crippen molar-refractivity contribution in [2.45, 2.75) is 0 Å². The highest BCUT2D eigenvalue weighted by molar-refractivity contribution is 9.10. The number of carbonyl (C=O) groups excluding carboxylic acids is 1. The SMILES string of the molecule is C=CCN1C(=O)/C(=C\c2ccc(Br)o2)S/C1=N/c1ccccn1. The summed E-state index contributed by atoms with van der Waals surface area (Å²) in [6.07, 6.45) is 5.03. The number of nitrogens with zero attached hydrogens (tertiary/aromatic N) is 3. The number of amides is 1. The quantitative estimate of drug-likeness (QED) is 0.579. The first-order valence-corrected chi connectivity index (χ1v) is 8.35. The lowest BCUT2D eigenvalue weighted by Crippen LogP contribution is -2.29. The first-order valence-electron chi connectivity index (χ1n) is 6.75. The van der Waals surface area contributed by atoms with Crippen LogP contribution in [0.1, 0.15) is 5.76 Å². The summed E-state index contributed by atoms with van der Waals surface area (Å²) in [5.41, 5.74) is 0. The summed E-state index contributed by atoms with van der Waals surface area (Å²) in [5, 5.41) is 0.575. The number of hydrogen-bond donors (Lipinski definition) is 0. The van der Waals surface area contributed by atoms with Crippen molar-refractivity contribution in [2.75, 3.05) is 6.54 Å². The minimum Gasteiger partial charge on any atom is -0.450 e. The van der Waals surface area contributed by atoms with Crippen molar-refractivity contribution < 1.29 is 9.21 Å². The van der Waals surface area contributed by atoms with Gasteiger partial charge in [0, 0.05) is 18.8 Å². The number of carbonyl (C=O) groups is 1. The van der Waals surface area contributed by atoms with Crippen LogP contribution in [0.4, 0.5) is 5.82 Å². The van der Waals surface area contributed by atoms with Gasteiger partial charge < -0.3 is 4.42 Å². The Morgan fingerprint density at radius 3 is 2.91 bits per heavy atom. The number of furan rings is 1. The lowest BCUT2D eigenvalue weighted by molar-refractivity contribution is -0.121. The van der Waals surface area contributed by atoms with Gasteiger partial charge in [0.15, 0.2) is 15.7 Å². The Bertz CT molecular complexity index is 799. The molecule has 1 amide bonds. The third kappa shape index (κ3) is 3.62. The standard InChI is InChI=1S/C16H12BrN3O2S/c1-2-9-20-15(21)12(10-11-6-7-13(17)22-11)23-16(20)19-14-5-3-4-8-18-14/h2-8,10H,1,9H2/b12-10+,19-16+. The van der Waals surface area contributed by atoms with E-state index in [2.05, 4.69) is 32.5 Å². The Hall–Kier alpha value is -2.12. The Balaban J connectivity index is 1.94. The third-order valence-electron chi connectivity index (χ3n) is 2.93. The fraction of sp³-hybridized carbons (Fsp3) is 0.0625. The van der Waals surface area contributed by atoms with Gasteiger partial charge in [-0.1, -0.05) is 12.1 Å². The molecule has 5 nitrogen and oxygen atoms in total. The Labute approximate surface area is 145 Å². The number of aliphatic imine (C=N–C) groups is 1. The first kappa shape index (κ1) is 15.8. The maximum atomic E-state index is 12.5. The molecule has 0 atom stereocenters. The number of amidine groups is 1. The van der Waals surface area contributed by atoms with Gasteiger partial charge in [0.25, 0.3) is 5.91 Å². The van der Waals surface area contributed by atoms with E-state index in [0.717, 1.165) is 0 Å². The van der Waals surface area contributed by atoms with E-state index in [1.54, 1.807) is 41.4 Å². The van der Waals surface area contributed by atoms with Crippen LogP contribution >= 0.6 is 27.7 Å². The van der Waals surface area contributed by atoms with E-state index in [9.17, 15) is 4.79 Å². The summed E-state index contributed by atoms with van der Waals surface area (Å²) in [5.74, 6) is 1.03. The maximum Gasteiger partial charge on any atom is 0.267 e. The molecule has 0 bridgehead atoms. The summed E-state index contributed by atoms with van der Waals surface area (Å²) >= 11 is 4.54. The molecule has 2 aromatic heterocycles. The van der Waals surface area contributed by atoms with Crippen molar-refractivity contribution in [3.63, 3.8) is 0 Å². The van der Waals surface area contributed by atoms with Crippen molar-refractivity contribution in [2.24, 2.45) is 4.99 Å². The molecule has 1 fully saturated rings. The lowest BCUT2D eigenvalue weighted by atomic mass is 10.3. The number of pyridine rings is 1. The molecular formula is C16H12BrN3O2S. The summed E-state index contributed by atoms with van der Waals surface area (Å²) in [7, 11) is 0. The van der Waals surface area contributed by atoms with Gasteiger partial charge in [0.05, 0.1) is 4.91 Å². The molecule has 1 saturated heterocycles. The van der Waals surface area contributed by atoms with E-state index in [-0.39, 0.29) is 5.91 Å². The molecule has 116 valence electrons. The molecule has 3 rings (SSSR count). The second kappa shape index (κ2) is 6.97. The van der Waals surface area contributed by atoms with Crippen LogP contribution in [-0.2, 0) is 4.79 Å². The van der Waals surface area contributed by atoms with Gasteiger partial charge in [-0.3, -0.25) is 9.69 Å². The molecule has 1 aliphatic rings. The van der Waals surface area contributed by atoms with E-state index in [4.69, 9.17) is 4.42 Å². The molecule has 0 N–H and O–H groups in total. The smallest absolute Gasteiger partial charge is 0.267 e. The van der Waals surface area contributed by atoms with Gasteiger partial charge in [-0.15, -0.1) is 6.58 Å². The largest absolute Gasteiger partial charge is 0.450 e. The van der Waals surface area contributed by atoms with Crippen LogP contribution in [-0.4, -0.2) is 27.5 Å². The highest BCUT2D eigenvalue weighted by atomic mass is 79.9. The zero-order chi connectivity index (χ0) is 16.2. The number of rotatable bonds is 4. The van der Waals surface area contributed by atoms with Gasteiger partial charge >= 0.3 is 0 Å². The van der Waals surface area contributed by atoms with Crippen molar-refractivity contribution >= 4 is 50.7 Å². The fourth-order valence-electron chi connectivity index (χ4n) is 1.93. The van der Waals surface area contributed by atoms with Crippen LogP contribution in [0.3, 0.4) is 0 Å². The molecule has 0 aromatic carbocycles. The number of hydrogen-bond acceptors (Lipinski definition) is 5. The van der Waals surface area contributed by atoms with Crippen LogP contribution in [0, 0.1) is 0 Å². The van der Waals surface area contributed by atoms with Crippen LogP contribution in [0.25, 0.3) is 6.08 Å². The molecule has 2 aromatic rings. The summed E-state index contributed by atoms with van der Waals surface area (Å²) < 4.78 is 6.04. The topological polar surface area (TPSA) is 58.7 Å². The average molecular weight is 390 g/mol. The van der Waals surface area contributed by atoms with E-state index >= 15 is 0 Å². The summed E-state index contributed by atoms with van der Waals surface area (Å²) in [4.78, 5) is 23.3. The van der Waals surface area contributed by atoms with Gasteiger partial charge in [-0.2, -0.15) is 0 Å². The first-order chi connectivity index (χ1) is 11.2. The van der Waals surface area contributed by atoms with Crippen LogP contribution < -0.4 is 0 Å². The Kier molecular flexibility index (Phi) is 4.78. The minimum atomic E-state index is -0.128. The van der Waals surface area contributed by atoms with Gasteiger partial charge in [-0.05, 0) is 52.0 Å². The van der Waals surface area contributed by atoms with Crippen molar-refractivity contribution in [3.8, 4) is 0 Å². The third-order valence-corrected chi connectivity index (χ3v) is 4.36. The van der Waals surface area contributed by atoms with Crippen LogP contribution in [0.15, 0.2) is 68.2 Å². The summed E-state index contributed by atoms with van der Waals surface area (Å²) in [6, 6.07) is 9.02. The van der Waals surface area contributed by atoms with E-state index < -0.39 is 0 Å². The normalized spacial score (nSPS) is 18.1. The molecule has 3 heterocycles. The van der Waals surface area contributed by atoms with Crippen molar-refractivity contribution in [1.82, 2.24) is 9.88 Å². The molecule has 0 aliphatic carbocycles. The number of halogens is 1. The lowest BCUT2D eigenvalue weighted by Gasteiger charge is -2.12. The highest BCUT2D eigenvalue weighted by Gasteiger charge is 2.33. The van der Waals surface area contributed by atoms with Gasteiger partial charge in [0.2, 0.25) is 0 Å². The number of aromatic nitrogens is 1. The number of thioether (sulfide) groups is 1. The molecule has 1 aliphatic heterocycles. The zero-order valence-electron chi connectivity index (χ0n) is 12.0. The second-order valence-corrected chi connectivity index (χ2v) is 6.33. The molecule has 0 unspecified atom stereocenters. The van der Waals surface area contributed by atoms with E-state index in [1.807, 2.05) is 12.1 Å². The van der Waals surface area contributed by atoms with Crippen molar-refractivity contribution in [1.29, 1.82) is 0 Å². The predicted molar refractivity (Wildman–Crippen MR) is 95.2 cm³/mol. The predicted octanol–water partition coefficient (Wildman–Crippen LogP) is 4.23. The van der Waals surface area contributed by atoms with Gasteiger partial charge in [0.1, 0.15) is 5.76 Å². The molecular weight excluding hydrogens is 378 g/mol. The van der Waals surface area contributed by atoms with Crippen LogP contribution in [0.5, 0.6) is 0 Å². The maximum absolute atomic E-state index is 12.5. The van der Waals surface area contributed by atoms with Crippen molar-refractivity contribution in [3.05, 3.63) is 64.5 Å². The molecule has 0 saturated carbocycles. The second-order valence-electron chi connectivity index (χ2n) is 4.54. The van der Waals surface area contributed by atoms with Gasteiger partial charge in [-0.25, -0.2) is 9.98 Å². The van der Waals surface area contributed by atoms with Crippen LogP contribution in [0.2, 0.25) is 0 Å². The zero-order valence-corrected chi connectivity index (χ0v) is 14.4. The minimum absolute atomic E-state index is 0.128. The Morgan fingerprint density at radius 1 is 1.39 bits per heavy atom. The molecule has 0 radical (unpaired) electrons. The van der Waals surface area contributed by atoms with E-state index in [0.29, 0.717) is 32.9 Å². The molecule has 7 heteroatoms.